The molecule has 138 valence electrons. The van der Waals surface area contributed by atoms with E-state index in [1.54, 1.807) is 42.5 Å². The number of hydrogen-bond acceptors (Lipinski definition) is 6. The predicted molar refractivity (Wildman–Crippen MR) is 99.7 cm³/mol. The first-order chi connectivity index (χ1) is 13.0. The predicted octanol–water partition coefficient (Wildman–Crippen LogP) is 3.52. The van der Waals surface area contributed by atoms with Gasteiger partial charge in [0.1, 0.15) is 5.75 Å². The van der Waals surface area contributed by atoms with E-state index < -0.39 is 0 Å². The third kappa shape index (κ3) is 4.78. The monoisotopic (exact) mass is 365 g/mol. The van der Waals surface area contributed by atoms with Crippen LogP contribution in [0.15, 0.2) is 53.1 Å². The second-order valence-electron chi connectivity index (χ2n) is 5.87. The van der Waals surface area contributed by atoms with Crippen molar-refractivity contribution in [2.24, 2.45) is 0 Å². The molecule has 7 nitrogen and oxygen atoms in total. The number of benzene rings is 2. The van der Waals surface area contributed by atoms with Crippen LogP contribution in [0.3, 0.4) is 0 Å². The summed E-state index contributed by atoms with van der Waals surface area (Å²) in [6.45, 7) is 3.29. The molecule has 0 saturated carbocycles. The van der Waals surface area contributed by atoms with Gasteiger partial charge in [-0.3, -0.25) is 9.59 Å². The van der Waals surface area contributed by atoms with Gasteiger partial charge in [0.25, 0.3) is 11.8 Å². The molecule has 0 saturated heterocycles. The van der Waals surface area contributed by atoms with Crippen LogP contribution in [0.1, 0.15) is 30.0 Å². The summed E-state index contributed by atoms with van der Waals surface area (Å²) >= 11 is 0. The van der Waals surface area contributed by atoms with Gasteiger partial charge in [-0.2, -0.15) is 4.98 Å². The molecular weight excluding hydrogens is 346 g/mol. The van der Waals surface area contributed by atoms with Crippen molar-refractivity contribution in [1.82, 2.24) is 10.1 Å². The second kappa shape index (κ2) is 8.27. The Morgan fingerprint density at radius 2 is 1.93 bits per heavy atom. The molecule has 0 unspecified atom stereocenters. The van der Waals surface area contributed by atoms with Crippen LogP contribution < -0.4 is 10.1 Å². The molecule has 1 N–H and O–H groups in total. The van der Waals surface area contributed by atoms with Crippen LogP contribution in [0.5, 0.6) is 5.75 Å². The molecule has 0 atom stereocenters. The van der Waals surface area contributed by atoms with Crippen molar-refractivity contribution < 1.29 is 18.8 Å². The number of Topliss-reactive ketones (excluding diaryl/α,β-unsaturated/α-hetero) is 1. The van der Waals surface area contributed by atoms with E-state index in [2.05, 4.69) is 15.5 Å². The van der Waals surface area contributed by atoms with Crippen LogP contribution in [0.25, 0.3) is 11.5 Å². The average Bonchev–Trinajstić information content (AvgIpc) is 3.16. The SMILES string of the molecule is CCc1noc(-c2cccc(OCC(=O)Nc3ccc(C(C)=O)cc3)c2)n1. The topological polar surface area (TPSA) is 94.3 Å². The lowest BCUT2D eigenvalue weighted by Crippen LogP contribution is -2.20. The zero-order valence-corrected chi connectivity index (χ0v) is 15.1. The van der Waals surface area contributed by atoms with Crippen molar-refractivity contribution in [2.75, 3.05) is 11.9 Å². The number of nitrogens with one attached hydrogen (secondary N) is 1. The van der Waals surface area contributed by atoms with Gasteiger partial charge in [-0.25, -0.2) is 0 Å². The Kier molecular flexibility index (Phi) is 5.61. The van der Waals surface area contributed by atoms with E-state index in [9.17, 15) is 9.59 Å². The summed E-state index contributed by atoms with van der Waals surface area (Å²) in [4.78, 5) is 27.6. The Balaban J connectivity index is 1.58. The van der Waals surface area contributed by atoms with E-state index in [1.807, 2.05) is 13.0 Å². The van der Waals surface area contributed by atoms with Gasteiger partial charge in [0, 0.05) is 23.2 Å². The number of carbonyl (C=O) groups excluding carboxylic acids is 2. The average molecular weight is 365 g/mol. The number of carbonyl (C=O) groups is 2. The summed E-state index contributed by atoms with van der Waals surface area (Å²) in [6, 6.07) is 13.8. The second-order valence-corrected chi connectivity index (χ2v) is 5.87. The zero-order chi connectivity index (χ0) is 19.2. The maximum Gasteiger partial charge on any atom is 0.262 e. The van der Waals surface area contributed by atoms with Gasteiger partial charge in [0.05, 0.1) is 0 Å². The molecule has 0 aliphatic carbocycles. The normalized spacial score (nSPS) is 10.4. The summed E-state index contributed by atoms with van der Waals surface area (Å²) in [5, 5.41) is 6.59. The lowest BCUT2D eigenvalue weighted by Gasteiger charge is -2.08. The minimum absolute atomic E-state index is 0.0246. The molecule has 3 rings (SSSR count). The Morgan fingerprint density at radius 3 is 2.59 bits per heavy atom. The Bertz CT molecular complexity index is 948. The van der Waals surface area contributed by atoms with Crippen molar-refractivity contribution in [3.63, 3.8) is 0 Å². The highest BCUT2D eigenvalue weighted by Gasteiger charge is 2.10. The molecule has 3 aromatic rings. The summed E-state index contributed by atoms with van der Waals surface area (Å²) in [5.74, 6) is 1.23. The van der Waals surface area contributed by atoms with Crippen molar-refractivity contribution in [3.8, 4) is 17.2 Å². The first-order valence-corrected chi connectivity index (χ1v) is 8.52. The third-order valence-corrected chi connectivity index (χ3v) is 3.81. The fourth-order valence-electron chi connectivity index (χ4n) is 2.37. The molecule has 1 heterocycles. The van der Waals surface area contributed by atoms with E-state index in [4.69, 9.17) is 9.26 Å². The van der Waals surface area contributed by atoms with Gasteiger partial charge in [0.15, 0.2) is 18.2 Å². The summed E-state index contributed by atoms with van der Waals surface area (Å²) in [7, 11) is 0. The fraction of sp³-hybridized carbons (Fsp3) is 0.200. The number of rotatable bonds is 7. The van der Waals surface area contributed by atoms with Crippen LogP contribution >= 0.6 is 0 Å². The van der Waals surface area contributed by atoms with Crippen molar-refractivity contribution >= 4 is 17.4 Å². The minimum atomic E-state index is -0.304. The number of anilines is 1. The van der Waals surface area contributed by atoms with Crippen LogP contribution in [0.2, 0.25) is 0 Å². The molecule has 1 amide bonds. The molecular formula is C20H19N3O4. The van der Waals surface area contributed by atoms with Gasteiger partial charge < -0.3 is 14.6 Å². The highest BCUT2D eigenvalue weighted by atomic mass is 16.5. The molecule has 0 fully saturated rings. The molecule has 2 aromatic carbocycles. The van der Waals surface area contributed by atoms with Crippen LogP contribution in [0, 0.1) is 0 Å². The molecule has 0 spiro atoms. The van der Waals surface area contributed by atoms with E-state index in [-0.39, 0.29) is 18.3 Å². The van der Waals surface area contributed by atoms with Gasteiger partial charge in [0.2, 0.25) is 0 Å². The van der Waals surface area contributed by atoms with E-state index >= 15 is 0 Å². The molecule has 0 bridgehead atoms. The smallest absolute Gasteiger partial charge is 0.262 e. The summed E-state index contributed by atoms with van der Waals surface area (Å²) < 4.78 is 10.7. The Labute approximate surface area is 156 Å². The van der Waals surface area contributed by atoms with Crippen LogP contribution in [-0.2, 0) is 11.2 Å². The minimum Gasteiger partial charge on any atom is -0.484 e. The zero-order valence-electron chi connectivity index (χ0n) is 15.1. The number of aromatic nitrogens is 2. The highest BCUT2D eigenvalue weighted by Crippen LogP contribution is 2.22. The van der Waals surface area contributed by atoms with Crippen LogP contribution in [0.4, 0.5) is 5.69 Å². The molecule has 1 aromatic heterocycles. The first kappa shape index (κ1) is 18.3. The largest absolute Gasteiger partial charge is 0.484 e. The quantitative estimate of drug-likeness (QED) is 0.644. The maximum atomic E-state index is 12.1. The Morgan fingerprint density at radius 1 is 1.15 bits per heavy atom. The number of aryl methyl sites for hydroxylation is 1. The van der Waals surface area contributed by atoms with Crippen molar-refractivity contribution in [3.05, 3.63) is 59.9 Å². The van der Waals surface area contributed by atoms with E-state index in [1.165, 1.54) is 6.92 Å². The highest BCUT2D eigenvalue weighted by molar-refractivity contribution is 5.95. The summed E-state index contributed by atoms with van der Waals surface area (Å²) in [6.07, 6.45) is 0.688. The molecule has 7 heteroatoms. The number of hydrogen-bond donors (Lipinski definition) is 1. The lowest BCUT2D eigenvalue weighted by atomic mass is 10.1. The molecule has 27 heavy (non-hydrogen) atoms. The summed E-state index contributed by atoms with van der Waals surface area (Å²) in [5.41, 5.74) is 1.91. The number of ketones is 1. The standard InChI is InChI=1S/C20H19N3O4/c1-3-18-22-20(27-23-18)15-5-4-6-17(11-15)26-12-19(25)21-16-9-7-14(8-10-16)13(2)24/h4-11H,3,12H2,1-2H3,(H,21,25). The number of ether oxygens (including phenoxy) is 1. The van der Waals surface area contributed by atoms with E-state index in [0.29, 0.717) is 35.1 Å². The van der Waals surface area contributed by atoms with Gasteiger partial charge in [-0.15, -0.1) is 0 Å². The number of nitrogens with zero attached hydrogens (tertiary/aromatic N) is 2. The van der Waals surface area contributed by atoms with Gasteiger partial charge in [-0.1, -0.05) is 18.1 Å². The van der Waals surface area contributed by atoms with Crippen molar-refractivity contribution in [2.45, 2.75) is 20.3 Å². The van der Waals surface area contributed by atoms with E-state index in [0.717, 1.165) is 5.56 Å². The number of amides is 1. The maximum absolute atomic E-state index is 12.1. The lowest BCUT2D eigenvalue weighted by molar-refractivity contribution is -0.118. The third-order valence-electron chi connectivity index (χ3n) is 3.81. The molecule has 0 aliphatic rings. The van der Waals surface area contributed by atoms with Crippen molar-refractivity contribution in [1.29, 1.82) is 0 Å². The Hall–Kier alpha value is -3.48. The van der Waals surface area contributed by atoms with Gasteiger partial charge >= 0.3 is 0 Å². The van der Waals surface area contributed by atoms with Crippen LogP contribution in [-0.4, -0.2) is 28.4 Å². The fourth-order valence-corrected chi connectivity index (χ4v) is 2.37. The van der Waals surface area contributed by atoms with Gasteiger partial charge in [-0.05, 0) is 49.4 Å². The molecule has 0 aliphatic heterocycles. The molecule has 0 radical (unpaired) electrons. The first-order valence-electron chi connectivity index (χ1n) is 8.52.